The Kier molecular flexibility index (Phi) is 10.9. The zero-order valence-corrected chi connectivity index (χ0v) is 15.3. The fourth-order valence-electron chi connectivity index (χ4n) is 2.03. The van der Waals surface area contributed by atoms with Gasteiger partial charge in [-0.3, -0.25) is 4.79 Å². The van der Waals surface area contributed by atoms with E-state index in [4.69, 9.17) is 0 Å². The molecule has 0 unspecified atom stereocenters. The van der Waals surface area contributed by atoms with E-state index in [1.54, 1.807) is 0 Å². The number of rotatable bonds is 6. The molecule has 0 atom stereocenters. The third kappa shape index (κ3) is 7.91. The Bertz CT molecular complexity index is 302. The standard InChI is InChI=1S/C14H28N4O.HI/c1-4-15-14(16-8-7-12(2)3)17-11-13(19)18-9-5-6-10-18;/h12H,4-11H2,1-3H3,(H2,15,16,17);1H. The van der Waals surface area contributed by atoms with Gasteiger partial charge in [-0.2, -0.15) is 0 Å². The van der Waals surface area contributed by atoms with E-state index in [9.17, 15) is 4.79 Å². The van der Waals surface area contributed by atoms with Crippen molar-refractivity contribution in [2.45, 2.75) is 40.0 Å². The van der Waals surface area contributed by atoms with Crippen LogP contribution in [0.15, 0.2) is 4.99 Å². The van der Waals surface area contributed by atoms with Crippen LogP contribution in [0.3, 0.4) is 0 Å². The molecule has 0 bridgehead atoms. The van der Waals surface area contributed by atoms with Crippen molar-refractivity contribution in [3.8, 4) is 0 Å². The van der Waals surface area contributed by atoms with E-state index in [0.29, 0.717) is 5.92 Å². The normalized spacial score (nSPS) is 15.2. The van der Waals surface area contributed by atoms with E-state index in [-0.39, 0.29) is 36.4 Å². The first-order valence-electron chi connectivity index (χ1n) is 7.43. The lowest BCUT2D eigenvalue weighted by molar-refractivity contribution is -0.128. The average molecular weight is 396 g/mol. The molecule has 0 spiro atoms. The number of hydrogen-bond donors (Lipinski definition) is 2. The average Bonchev–Trinajstić information content (AvgIpc) is 2.89. The summed E-state index contributed by atoms with van der Waals surface area (Å²) in [6, 6.07) is 0. The van der Waals surface area contributed by atoms with Gasteiger partial charge in [0, 0.05) is 26.2 Å². The number of guanidine groups is 1. The van der Waals surface area contributed by atoms with Gasteiger partial charge in [-0.15, -0.1) is 24.0 Å². The molecule has 1 amide bonds. The zero-order valence-electron chi connectivity index (χ0n) is 12.9. The number of likely N-dealkylation sites (tertiary alicyclic amines) is 1. The SMILES string of the molecule is CCNC(=NCC(=O)N1CCCC1)NCCC(C)C.I. The largest absolute Gasteiger partial charge is 0.357 e. The van der Waals surface area contributed by atoms with Crippen molar-refractivity contribution in [3.63, 3.8) is 0 Å². The van der Waals surface area contributed by atoms with Crippen LogP contribution >= 0.6 is 24.0 Å². The number of carbonyl (C=O) groups excluding carboxylic acids is 1. The number of halogens is 1. The van der Waals surface area contributed by atoms with Crippen molar-refractivity contribution >= 4 is 35.8 Å². The highest BCUT2D eigenvalue weighted by atomic mass is 127. The summed E-state index contributed by atoms with van der Waals surface area (Å²) < 4.78 is 0. The number of hydrogen-bond acceptors (Lipinski definition) is 2. The summed E-state index contributed by atoms with van der Waals surface area (Å²) in [7, 11) is 0. The molecule has 1 fully saturated rings. The number of amides is 1. The summed E-state index contributed by atoms with van der Waals surface area (Å²) in [5, 5.41) is 6.44. The number of aliphatic imine (C=N–C) groups is 1. The Labute approximate surface area is 140 Å². The maximum atomic E-state index is 11.9. The predicted octanol–water partition coefficient (Wildman–Crippen LogP) is 1.83. The maximum absolute atomic E-state index is 11.9. The molecule has 6 heteroatoms. The molecule has 1 saturated heterocycles. The molecule has 118 valence electrons. The third-order valence-electron chi connectivity index (χ3n) is 3.19. The Hall–Kier alpha value is -0.530. The van der Waals surface area contributed by atoms with E-state index in [1.165, 1.54) is 0 Å². The van der Waals surface area contributed by atoms with Gasteiger partial charge in [0.2, 0.25) is 5.91 Å². The van der Waals surface area contributed by atoms with Gasteiger partial charge < -0.3 is 15.5 Å². The quantitative estimate of drug-likeness (QED) is 0.409. The maximum Gasteiger partial charge on any atom is 0.244 e. The second kappa shape index (κ2) is 11.2. The van der Waals surface area contributed by atoms with E-state index >= 15 is 0 Å². The molecule has 2 N–H and O–H groups in total. The Morgan fingerprint density at radius 3 is 2.45 bits per heavy atom. The monoisotopic (exact) mass is 396 g/mol. The van der Waals surface area contributed by atoms with Crippen LogP contribution in [0.2, 0.25) is 0 Å². The van der Waals surface area contributed by atoms with Crippen molar-refractivity contribution in [1.82, 2.24) is 15.5 Å². The van der Waals surface area contributed by atoms with Gasteiger partial charge in [-0.25, -0.2) is 4.99 Å². The summed E-state index contributed by atoms with van der Waals surface area (Å²) in [5.74, 6) is 1.55. The van der Waals surface area contributed by atoms with E-state index in [1.807, 2.05) is 11.8 Å². The predicted molar refractivity (Wildman–Crippen MR) is 94.7 cm³/mol. The highest BCUT2D eigenvalue weighted by Crippen LogP contribution is 2.07. The van der Waals surface area contributed by atoms with Gasteiger partial charge in [0.1, 0.15) is 6.54 Å². The molecule has 0 aromatic rings. The molecule has 1 heterocycles. The summed E-state index contributed by atoms with van der Waals surface area (Å²) >= 11 is 0. The first kappa shape index (κ1) is 19.5. The van der Waals surface area contributed by atoms with Crippen LogP contribution in [0.4, 0.5) is 0 Å². The first-order valence-corrected chi connectivity index (χ1v) is 7.43. The van der Waals surface area contributed by atoms with Crippen LogP contribution in [-0.2, 0) is 4.79 Å². The molecule has 0 radical (unpaired) electrons. The summed E-state index contributed by atoms with van der Waals surface area (Å²) in [6.45, 7) is 10.2. The molecule has 0 aromatic carbocycles. The van der Waals surface area contributed by atoms with Crippen LogP contribution < -0.4 is 10.6 Å². The summed E-state index contributed by atoms with van der Waals surface area (Å²) in [4.78, 5) is 18.2. The lowest BCUT2D eigenvalue weighted by Crippen LogP contribution is -2.39. The van der Waals surface area contributed by atoms with Gasteiger partial charge in [0.05, 0.1) is 0 Å². The molecule has 20 heavy (non-hydrogen) atoms. The zero-order chi connectivity index (χ0) is 14.1. The van der Waals surface area contributed by atoms with Crippen molar-refractivity contribution < 1.29 is 4.79 Å². The van der Waals surface area contributed by atoms with Crippen molar-refractivity contribution in [2.24, 2.45) is 10.9 Å². The minimum Gasteiger partial charge on any atom is -0.357 e. The molecule has 5 nitrogen and oxygen atoms in total. The van der Waals surface area contributed by atoms with Crippen molar-refractivity contribution in [1.29, 1.82) is 0 Å². The molecular formula is C14H29IN4O. The minimum absolute atomic E-state index is 0. The molecule has 0 aromatic heterocycles. The molecule has 1 rings (SSSR count). The molecular weight excluding hydrogens is 367 g/mol. The fraction of sp³-hybridized carbons (Fsp3) is 0.857. The molecule has 1 aliphatic heterocycles. The Balaban J connectivity index is 0.00000361. The Morgan fingerprint density at radius 1 is 1.25 bits per heavy atom. The van der Waals surface area contributed by atoms with Gasteiger partial charge in [0.25, 0.3) is 0 Å². The Morgan fingerprint density at radius 2 is 1.90 bits per heavy atom. The fourth-order valence-corrected chi connectivity index (χ4v) is 2.03. The van der Waals surface area contributed by atoms with Crippen LogP contribution in [0, 0.1) is 5.92 Å². The van der Waals surface area contributed by atoms with Crippen LogP contribution in [0.25, 0.3) is 0 Å². The van der Waals surface area contributed by atoms with E-state index < -0.39 is 0 Å². The smallest absolute Gasteiger partial charge is 0.244 e. The van der Waals surface area contributed by atoms with Crippen LogP contribution in [0.1, 0.15) is 40.0 Å². The second-order valence-corrected chi connectivity index (χ2v) is 5.39. The molecule has 0 saturated carbocycles. The van der Waals surface area contributed by atoms with E-state index in [0.717, 1.165) is 51.4 Å². The minimum atomic E-state index is 0. The lowest BCUT2D eigenvalue weighted by Gasteiger charge is -2.15. The molecule has 1 aliphatic rings. The number of carbonyl (C=O) groups is 1. The molecule has 0 aliphatic carbocycles. The van der Waals surface area contributed by atoms with Crippen LogP contribution in [-0.4, -0.2) is 49.5 Å². The lowest BCUT2D eigenvalue weighted by atomic mass is 10.1. The second-order valence-electron chi connectivity index (χ2n) is 5.39. The number of nitrogens with one attached hydrogen (secondary N) is 2. The van der Waals surface area contributed by atoms with E-state index in [2.05, 4.69) is 29.5 Å². The van der Waals surface area contributed by atoms with Gasteiger partial charge in [-0.05, 0) is 32.1 Å². The van der Waals surface area contributed by atoms with Gasteiger partial charge >= 0.3 is 0 Å². The highest BCUT2D eigenvalue weighted by Gasteiger charge is 2.17. The van der Waals surface area contributed by atoms with Crippen molar-refractivity contribution in [3.05, 3.63) is 0 Å². The van der Waals surface area contributed by atoms with Gasteiger partial charge in [0.15, 0.2) is 5.96 Å². The first-order chi connectivity index (χ1) is 9.13. The number of nitrogens with zero attached hydrogens (tertiary/aromatic N) is 2. The van der Waals surface area contributed by atoms with Gasteiger partial charge in [-0.1, -0.05) is 13.8 Å². The third-order valence-corrected chi connectivity index (χ3v) is 3.19. The van der Waals surface area contributed by atoms with Crippen LogP contribution in [0.5, 0.6) is 0 Å². The van der Waals surface area contributed by atoms with Crippen molar-refractivity contribution in [2.75, 3.05) is 32.7 Å². The summed E-state index contributed by atoms with van der Waals surface area (Å²) in [6.07, 6.45) is 3.36. The topological polar surface area (TPSA) is 56.7 Å². The summed E-state index contributed by atoms with van der Waals surface area (Å²) in [5.41, 5.74) is 0. The highest BCUT2D eigenvalue weighted by molar-refractivity contribution is 14.0.